The van der Waals surface area contributed by atoms with Crippen LogP contribution in [0.3, 0.4) is 0 Å². The molecule has 0 atom stereocenters. The van der Waals surface area contributed by atoms with Crippen molar-refractivity contribution in [3.63, 3.8) is 0 Å². The van der Waals surface area contributed by atoms with E-state index in [2.05, 4.69) is 6.07 Å². The normalized spacial score (nSPS) is 14.8. The average molecular weight is 480 g/mol. The molecule has 1 heterocycles. The highest BCUT2D eigenvalue weighted by molar-refractivity contribution is 8.18. The van der Waals surface area contributed by atoms with E-state index in [9.17, 15) is 9.59 Å². The minimum absolute atomic E-state index is 0.178. The number of methoxy groups -OCH3 is 1. The molecule has 3 aromatic rings. The maximum Gasteiger partial charge on any atom is 0.293 e. The number of hydrogen-bond donors (Lipinski definition) is 0. The van der Waals surface area contributed by atoms with Crippen molar-refractivity contribution < 1.29 is 19.1 Å². The first kappa shape index (κ1) is 23.0. The average Bonchev–Trinajstić information content (AvgIpc) is 3.05. The van der Waals surface area contributed by atoms with Crippen LogP contribution in [-0.2, 0) is 17.9 Å². The van der Waals surface area contributed by atoms with E-state index in [0.29, 0.717) is 28.0 Å². The van der Waals surface area contributed by atoms with Gasteiger partial charge in [-0.3, -0.25) is 14.5 Å². The van der Waals surface area contributed by atoms with Crippen molar-refractivity contribution in [1.29, 1.82) is 0 Å². The highest BCUT2D eigenvalue weighted by Crippen LogP contribution is 2.35. The Hall–Kier alpha value is -3.22. The predicted molar refractivity (Wildman–Crippen MR) is 131 cm³/mol. The summed E-state index contributed by atoms with van der Waals surface area (Å²) in [5.41, 5.74) is 3.77. The van der Waals surface area contributed by atoms with E-state index in [1.165, 1.54) is 10.5 Å². The van der Waals surface area contributed by atoms with Crippen LogP contribution in [0.4, 0.5) is 4.79 Å². The minimum atomic E-state index is -0.330. The number of aryl methyl sites for hydroxylation is 1. The Morgan fingerprint density at radius 1 is 0.970 bits per heavy atom. The van der Waals surface area contributed by atoms with Gasteiger partial charge in [0.2, 0.25) is 0 Å². The van der Waals surface area contributed by atoms with Crippen LogP contribution in [0.1, 0.15) is 22.3 Å². The number of imide groups is 1. The quantitative estimate of drug-likeness (QED) is 0.363. The lowest BCUT2D eigenvalue weighted by atomic mass is 10.1. The van der Waals surface area contributed by atoms with Gasteiger partial charge in [-0.15, -0.1) is 0 Å². The van der Waals surface area contributed by atoms with Crippen LogP contribution in [0.15, 0.2) is 71.6 Å². The molecule has 0 bridgehead atoms. The molecule has 5 nitrogen and oxygen atoms in total. The first-order valence-corrected chi connectivity index (χ1v) is 11.5. The molecule has 0 N–H and O–H groups in total. The Kier molecular flexibility index (Phi) is 7.06. The minimum Gasteiger partial charge on any atom is -0.493 e. The number of amides is 2. The monoisotopic (exact) mass is 479 g/mol. The Morgan fingerprint density at radius 3 is 2.52 bits per heavy atom. The van der Waals surface area contributed by atoms with Crippen molar-refractivity contribution in [1.82, 2.24) is 4.90 Å². The van der Waals surface area contributed by atoms with Crippen LogP contribution in [0, 0.1) is 6.92 Å². The van der Waals surface area contributed by atoms with E-state index in [0.717, 1.165) is 28.5 Å². The van der Waals surface area contributed by atoms with Gasteiger partial charge >= 0.3 is 0 Å². The highest BCUT2D eigenvalue weighted by atomic mass is 35.5. The van der Waals surface area contributed by atoms with Crippen molar-refractivity contribution in [3.05, 3.63) is 98.9 Å². The van der Waals surface area contributed by atoms with Gasteiger partial charge in [-0.05, 0) is 65.7 Å². The lowest BCUT2D eigenvalue weighted by Gasteiger charge is -2.13. The zero-order valence-electron chi connectivity index (χ0n) is 18.2. The number of nitrogens with zero attached hydrogens (tertiary/aromatic N) is 1. The van der Waals surface area contributed by atoms with Crippen LogP contribution in [0.2, 0.25) is 5.02 Å². The SMILES string of the molecule is COc1cc(/C=C2\SC(=O)N(Cc3cccc(Cl)c3)C2=O)ccc1OCc1cccc(C)c1. The molecule has 0 radical (unpaired) electrons. The molecule has 1 fully saturated rings. The molecule has 7 heteroatoms. The Bertz CT molecular complexity index is 1240. The van der Waals surface area contributed by atoms with Gasteiger partial charge in [0.25, 0.3) is 11.1 Å². The second-order valence-electron chi connectivity index (χ2n) is 7.59. The molecule has 1 aliphatic rings. The summed E-state index contributed by atoms with van der Waals surface area (Å²) in [6.45, 7) is 2.63. The number of halogens is 1. The Balaban J connectivity index is 1.49. The molecule has 0 aromatic heterocycles. The van der Waals surface area contributed by atoms with Crippen LogP contribution in [0.25, 0.3) is 6.08 Å². The highest BCUT2D eigenvalue weighted by Gasteiger charge is 2.35. The van der Waals surface area contributed by atoms with E-state index >= 15 is 0 Å². The maximum atomic E-state index is 12.8. The van der Waals surface area contributed by atoms with E-state index in [-0.39, 0.29) is 17.7 Å². The molecule has 0 spiro atoms. The van der Waals surface area contributed by atoms with E-state index < -0.39 is 0 Å². The third kappa shape index (κ3) is 5.59. The smallest absolute Gasteiger partial charge is 0.293 e. The second kappa shape index (κ2) is 10.1. The zero-order valence-corrected chi connectivity index (χ0v) is 19.8. The van der Waals surface area contributed by atoms with Gasteiger partial charge in [0.1, 0.15) is 6.61 Å². The lowest BCUT2D eigenvalue weighted by molar-refractivity contribution is -0.123. The van der Waals surface area contributed by atoms with Gasteiger partial charge in [0.05, 0.1) is 18.6 Å². The molecule has 1 saturated heterocycles. The van der Waals surface area contributed by atoms with Crippen LogP contribution < -0.4 is 9.47 Å². The molecule has 2 amide bonds. The molecule has 0 aliphatic carbocycles. The molecular weight excluding hydrogens is 458 g/mol. The molecule has 4 rings (SSSR count). The third-order valence-electron chi connectivity index (χ3n) is 5.07. The first-order valence-electron chi connectivity index (χ1n) is 10.3. The predicted octanol–water partition coefficient (Wildman–Crippen LogP) is 6.47. The molecule has 1 aliphatic heterocycles. The molecule has 168 valence electrons. The number of thioether (sulfide) groups is 1. The van der Waals surface area contributed by atoms with Crippen molar-refractivity contribution in [2.45, 2.75) is 20.1 Å². The van der Waals surface area contributed by atoms with Gasteiger partial charge in [0.15, 0.2) is 11.5 Å². The number of rotatable bonds is 7. The van der Waals surface area contributed by atoms with Crippen molar-refractivity contribution in [2.24, 2.45) is 0 Å². The number of ether oxygens (including phenoxy) is 2. The molecule has 33 heavy (non-hydrogen) atoms. The summed E-state index contributed by atoms with van der Waals surface area (Å²) in [4.78, 5) is 26.9. The Morgan fingerprint density at radius 2 is 1.76 bits per heavy atom. The number of benzene rings is 3. The fraction of sp³-hybridized carbons (Fsp3) is 0.154. The third-order valence-corrected chi connectivity index (χ3v) is 6.21. The zero-order chi connectivity index (χ0) is 23.4. The van der Waals surface area contributed by atoms with Crippen molar-refractivity contribution in [2.75, 3.05) is 7.11 Å². The summed E-state index contributed by atoms with van der Waals surface area (Å²) in [6, 6.07) is 20.7. The number of hydrogen-bond acceptors (Lipinski definition) is 5. The number of carbonyl (C=O) groups excluding carboxylic acids is 2. The summed E-state index contributed by atoms with van der Waals surface area (Å²) in [5, 5.41) is 0.253. The summed E-state index contributed by atoms with van der Waals surface area (Å²) in [6.07, 6.45) is 1.69. The van der Waals surface area contributed by atoms with Gasteiger partial charge < -0.3 is 9.47 Å². The fourth-order valence-corrected chi connectivity index (χ4v) is 4.51. The van der Waals surface area contributed by atoms with E-state index in [1.54, 1.807) is 43.5 Å². The topological polar surface area (TPSA) is 55.8 Å². The second-order valence-corrected chi connectivity index (χ2v) is 9.02. The van der Waals surface area contributed by atoms with Gasteiger partial charge in [-0.2, -0.15) is 0 Å². The maximum absolute atomic E-state index is 12.8. The molecular formula is C26H22ClNO4S. The van der Waals surface area contributed by atoms with Crippen molar-refractivity contribution >= 4 is 40.6 Å². The largest absolute Gasteiger partial charge is 0.493 e. The summed E-state index contributed by atoms with van der Waals surface area (Å²) >= 11 is 6.94. The lowest BCUT2D eigenvalue weighted by Crippen LogP contribution is -2.27. The van der Waals surface area contributed by atoms with Crippen LogP contribution >= 0.6 is 23.4 Å². The van der Waals surface area contributed by atoms with Gasteiger partial charge in [-0.25, -0.2) is 0 Å². The van der Waals surface area contributed by atoms with Crippen molar-refractivity contribution in [3.8, 4) is 11.5 Å². The standard InChI is InChI=1S/C26H22ClNO4S/c1-17-5-3-7-20(11-17)16-32-22-10-9-18(13-23(22)31-2)14-24-25(29)28(26(30)33-24)15-19-6-4-8-21(27)12-19/h3-14H,15-16H2,1-2H3/b24-14-. The Labute approximate surface area is 202 Å². The van der Waals surface area contributed by atoms with E-state index in [1.807, 2.05) is 37.3 Å². The molecule has 0 saturated carbocycles. The van der Waals surface area contributed by atoms with E-state index in [4.69, 9.17) is 21.1 Å². The first-order chi connectivity index (χ1) is 15.9. The van der Waals surface area contributed by atoms with Crippen LogP contribution in [-0.4, -0.2) is 23.2 Å². The fourth-order valence-electron chi connectivity index (χ4n) is 3.46. The summed E-state index contributed by atoms with van der Waals surface area (Å²) in [5.74, 6) is 0.823. The van der Waals surface area contributed by atoms with Crippen LogP contribution in [0.5, 0.6) is 11.5 Å². The molecule has 3 aromatic carbocycles. The van der Waals surface area contributed by atoms with Gasteiger partial charge in [-0.1, -0.05) is 59.6 Å². The molecule has 0 unspecified atom stereocenters. The summed E-state index contributed by atoms with van der Waals surface area (Å²) in [7, 11) is 1.57. The summed E-state index contributed by atoms with van der Waals surface area (Å²) < 4.78 is 11.4. The van der Waals surface area contributed by atoms with Gasteiger partial charge in [0, 0.05) is 5.02 Å². The number of carbonyl (C=O) groups is 2.